The Morgan fingerprint density at radius 1 is 1.14 bits per heavy atom. The SMILES string of the molecule is CCOP(=O)(OCC)C(Cc1ccccc1)NC(=O)[C@@H](C)[C@@H](OC)[C@H]1CCCN1C(=O)OC(C)(C)C. The zero-order chi connectivity index (χ0) is 26.9. The second-order valence-corrected chi connectivity index (χ2v) is 12.2. The third kappa shape index (κ3) is 8.30. The molecule has 1 N–H and O–H groups in total. The fourth-order valence-corrected chi connectivity index (χ4v) is 6.35. The molecule has 2 rings (SSSR count). The highest BCUT2D eigenvalue weighted by molar-refractivity contribution is 7.54. The molecule has 1 fully saturated rings. The number of methoxy groups -OCH3 is 1. The molecular formula is C26H43N2O7P. The van der Waals surface area contributed by atoms with Crippen LogP contribution < -0.4 is 5.32 Å². The Labute approximate surface area is 215 Å². The van der Waals surface area contributed by atoms with E-state index in [2.05, 4.69) is 5.32 Å². The van der Waals surface area contributed by atoms with Crippen molar-refractivity contribution in [1.82, 2.24) is 10.2 Å². The normalized spacial score (nSPS) is 19.0. The molecule has 1 aliphatic heterocycles. The maximum atomic E-state index is 13.7. The van der Waals surface area contributed by atoms with Gasteiger partial charge in [0.2, 0.25) is 5.91 Å². The molecule has 4 atom stereocenters. The quantitative estimate of drug-likeness (QED) is 0.383. The Hall–Kier alpha value is -1.93. The minimum atomic E-state index is -3.66. The molecule has 0 aliphatic carbocycles. The van der Waals surface area contributed by atoms with E-state index in [1.165, 1.54) is 7.11 Å². The van der Waals surface area contributed by atoms with Crippen LogP contribution in [0.1, 0.15) is 59.9 Å². The minimum absolute atomic E-state index is 0.182. The molecule has 0 bridgehead atoms. The van der Waals surface area contributed by atoms with Crippen molar-refractivity contribution >= 4 is 19.6 Å². The number of hydrogen-bond acceptors (Lipinski definition) is 7. The fourth-order valence-electron chi connectivity index (χ4n) is 4.48. The van der Waals surface area contributed by atoms with Gasteiger partial charge in [0.05, 0.1) is 31.3 Å². The van der Waals surface area contributed by atoms with Crippen LogP contribution in [0.15, 0.2) is 30.3 Å². The molecule has 1 aromatic rings. The number of rotatable bonds is 12. The van der Waals surface area contributed by atoms with Gasteiger partial charge >= 0.3 is 13.7 Å². The van der Waals surface area contributed by atoms with Gasteiger partial charge in [-0.15, -0.1) is 0 Å². The molecule has 1 unspecified atom stereocenters. The van der Waals surface area contributed by atoms with Crippen LogP contribution in [0.3, 0.4) is 0 Å². The van der Waals surface area contributed by atoms with Crippen LogP contribution in [0.2, 0.25) is 0 Å². The van der Waals surface area contributed by atoms with Gasteiger partial charge < -0.3 is 28.7 Å². The van der Waals surface area contributed by atoms with Crippen LogP contribution in [0.25, 0.3) is 0 Å². The highest BCUT2D eigenvalue weighted by atomic mass is 31.2. The van der Waals surface area contributed by atoms with Crippen LogP contribution in [-0.2, 0) is 34.3 Å². The molecule has 0 saturated carbocycles. The summed E-state index contributed by atoms with van der Waals surface area (Å²) in [7, 11) is -2.13. The van der Waals surface area contributed by atoms with Crippen LogP contribution >= 0.6 is 7.60 Å². The van der Waals surface area contributed by atoms with Gasteiger partial charge in [-0.05, 0) is 53.0 Å². The monoisotopic (exact) mass is 526 g/mol. The summed E-state index contributed by atoms with van der Waals surface area (Å²) in [4.78, 5) is 28.0. The number of ether oxygens (including phenoxy) is 2. The number of nitrogens with one attached hydrogen (secondary N) is 1. The molecule has 1 heterocycles. The van der Waals surface area contributed by atoms with Gasteiger partial charge in [0.15, 0.2) is 0 Å². The number of amides is 2. The zero-order valence-corrected chi connectivity index (χ0v) is 23.6. The van der Waals surface area contributed by atoms with Gasteiger partial charge in [0, 0.05) is 20.1 Å². The van der Waals surface area contributed by atoms with Crippen LogP contribution in [0.5, 0.6) is 0 Å². The van der Waals surface area contributed by atoms with Crippen molar-refractivity contribution < 1.29 is 32.7 Å². The average molecular weight is 527 g/mol. The molecule has 9 nitrogen and oxygen atoms in total. The number of benzene rings is 1. The largest absolute Gasteiger partial charge is 0.444 e. The van der Waals surface area contributed by atoms with Gasteiger partial charge in [0.1, 0.15) is 11.4 Å². The minimum Gasteiger partial charge on any atom is -0.444 e. The van der Waals surface area contributed by atoms with Crippen molar-refractivity contribution in [1.29, 1.82) is 0 Å². The molecule has 2 amide bonds. The average Bonchev–Trinajstić information content (AvgIpc) is 3.28. The highest BCUT2D eigenvalue weighted by Crippen LogP contribution is 2.53. The Morgan fingerprint density at radius 2 is 1.75 bits per heavy atom. The Morgan fingerprint density at radius 3 is 2.28 bits per heavy atom. The van der Waals surface area contributed by atoms with Crippen molar-refractivity contribution in [3.8, 4) is 0 Å². The number of hydrogen-bond donors (Lipinski definition) is 1. The second-order valence-electron chi connectivity index (χ2n) is 9.96. The van der Waals surface area contributed by atoms with Gasteiger partial charge in [-0.1, -0.05) is 37.3 Å². The Balaban J connectivity index is 2.25. The van der Waals surface area contributed by atoms with Crippen molar-refractivity contribution in [2.24, 2.45) is 5.92 Å². The lowest BCUT2D eigenvalue weighted by Gasteiger charge is -2.35. The van der Waals surface area contributed by atoms with Crippen molar-refractivity contribution in [2.45, 2.75) is 84.3 Å². The third-order valence-corrected chi connectivity index (χ3v) is 8.38. The van der Waals surface area contributed by atoms with E-state index < -0.39 is 37.1 Å². The standard InChI is InChI=1S/C26H43N2O7P/c1-8-33-36(31,34-9-2)22(18-20-14-11-10-12-15-20)27-24(29)19(3)23(32-7)21-16-13-17-28(21)25(30)35-26(4,5)6/h10-12,14-15,19,21-23H,8-9,13,16-18H2,1-7H3,(H,27,29)/t19-,21+,22?,23+/m0/s1. The maximum absolute atomic E-state index is 13.7. The lowest BCUT2D eigenvalue weighted by Crippen LogP contribution is -2.52. The van der Waals surface area contributed by atoms with E-state index >= 15 is 0 Å². The smallest absolute Gasteiger partial charge is 0.410 e. The Kier molecular flexibility index (Phi) is 11.4. The summed E-state index contributed by atoms with van der Waals surface area (Å²) in [6.45, 7) is 11.6. The van der Waals surface area contributed by atoms with Gasteiger partial charge in [0.25, 0.3) is 0 Å². The molecule has 10 heteroatoms. The number of carbonyl (C=O) groups excluding carboxylic acids is 2. The summed E-state index contributed by atoms with van der Waals surface area (Å²) in [6.07, 6.45) is 0.772. The van der Waals surface area contributed by atoms with Crippen LogP contribution in [-0.4, -0.2) is 67.3 Å². The van der Waals surface area contributed by atoms with E-state index in [1.807, 2.05) is 51.1 Å². The third-order valence-electron chi connectivity index (χ3n) is 6.07. The first-order valence-corrected chi connectivity index (χ1v) is 14.3. The molecule has 36 heavy (non-hydrogen) atoms. The van der Waals surface area contributed by atoms with E-state index in [1.54, 1.807) is 25.7 Å². The van der Waals surface area contributed by atoms with E-state index in [-0.39, 0.29) is 31.6 Å². The summed E-state index contributed by atoms with van der Waals surface area (Å²) < 4.78 is 36.2. The number of nitrogens with zero attached hydrogens (tertiary/aromatic N) is 1. The first-order valence-electron chi connectivity index (χ1n) is 12.7. The zero-order valence-electron chi connectivity index (χ0n) is 22.7. The van der Waals surface area contributed by atoms with E-state index in [0.717, 1.165) is 12.0 Å². The van der Waals surface area contributed by atoms with E-state index in [4.69, 9.17) is 18.5 Å². The predicted molar refractivity (Wildman–Crippen MR) is 139 cm³/mol. The van der Waals surface area contributed by atoms with Crippen LogP contribution in [0.4, 0.5) is 4.79 Å². The second kappa shape index (κ2) is 13.6. The van der Waals surface area contributed by atoms with E-state index in [9.17, 15) is 14.2 Å². The molecule has 0 radical (unpaired) electrons. The number of carbonyl (C=O) groups is 2. The molecule has 1 aliphatic rings. The summed E-state index contributed by atoms with van der Waals surface area (Å²) in [5.74, 6) is -1.87. The van der Waals surface area contributed by atoms with Crippen LogP contribution in [0, 0.1) is 5.92 Å². The maximum Gasteiger partial charge on any atom is 0.410 e. The van der Waals surface area contributed by atoms with Gasteiger partial charge in [-0.2, -0.15) is 0 Å². The lowest BCUT2D eigenvalue weighted by atomic mass is 9.95. The molecule has 1 aromatic carbocycles. The predicted octanol–water partition coefficient (Wildman–Crippen LogP) is 4.99. The van der Waals surface area contributed by atoms with E-state index in [0.29, 0.717) is 13.0 Å². The summed E-state index contributed by atoms with van der Waals surface area (Å²) in [5.41, 5.74) is 0.269. The summed E-state index contributed by atoms with van der Waals surface area (Å²) in [6, 6.07) is 9.15. The first-order chi connectivity index (χ1) is 17.0. The van der Waals surface area contributed by atoms with Crippen molar-refractivity contribution in [3.63, 3.8) is 0 Å². The molecule has 1 saturated heterocycles. The van der Waals surface area contributed by atoms with Gasteiger partial charge in [-0.25, -0.2) is 4.79 Å². The molecular weight excluding hydrogens is 483 g/mol. The van der Waals surface area contributed by atoms with Gasteiger partial charge in [-0.3, -0.25) is 9.36 Å². The summed E-state index contributed by atoms with van der Waals surface area (Å²) in [5, 5.41) is 2.93. The Bertz CT molecular complexity index is 880. The topological polar surface area (TPSA) is 103 Å². The summed E-state index contributed by atoms with van der Waals surface area (Å²) >= 11 is 0. The molecule has 0 aromatic heterocycles. The van der Waals surface area contributed by atoms with Crippen molar-refractivity contribution in [2.75, 3.05) is 26.9 Å². The first kappa shape index (κ1) is 30.3. The molecule has 0 spiro atoms. The molecule has 204 valence electrons. The fraction of sp³-hybridized carbons (Fsp3) is 0.692. The van der Waals surface area contributed by atoms with Crippen molar-refractivity contribution in [3.05, 3.63) is 35.9 Å². The lowest BCUT2D eigenvalue weighted by molar-refractivity contribution is -0.131. The highest BCUT2D eigenvalue weighted by Gasteiger charge is 2.43. The number of likely N-dealkylation sites (tertiary alicyclic amines) is 1.